The average molecular weight is 139 g/mol. The van der Waals surface area contributed by atoms with E-state index in [0.717, 1.165) is 0 Å². The van der Waals surface area contributed by atoms with E-state index in [-0.39, 0.29) is 0 Å². The molecule has 0 heterocycles. The molecule has 0 saturated carbocycles. The predicted molar refractivity (Wildman–Crippen MR) is 30.5 cm³/mol. The van der Waals surface area contributed by atoms with Gasteiger partial charge in [0.05, 0.1) is 6.54 Å². The SMILES string of the molecule is COC(C)C(F)(F)CN. The summed E-state index contributed by atoms with van der Waals surface area (Å²) in [7, 11) is 1.23. The van der Waals surface area contributed by atoms with Crippen LogP contribution in [0.4, 0.5) is 8.78 Å². The lowest BCUT2D eigenvalue weighted by molar-refractivity contribution is -0.108. The van der Waals surface area contributed by atoms with Crippen molar-refractivity contribution in [2.24, 2.45) is 5.73 Å². The smallest absolute Gasteiger partial charge is 0.285 e. The summed E-state index contributed by atoms with van der Waals surface area (Å²) in [4.78, 5) is 0. The molecule has 0 aliphatic carbocycles. The molecule has 0 aromatic carbocycles. The van der Waals surface area contributed by atoms with Crippen LogP contribution in [0.25, 0.3) is 0 Å². The molecule has 4 heteroatoms. The van der Waals surface area contributed by atoms with Gasteiger partial charge in [-0.1, -0.05) is 0 Å². The second kappa shape index (κ2) is 3.08. The molecule has 2 nitrogen and oxygen atoms in total. The molecule has 0 rings (SSSR count). The Hall–Kier alpha value is -0.220. The van der Waals surface area contributed by atoms with Crippen LogP contribution in [-0.4, -0.2) is 25.7 Å². The Labute approximate surface area is 53.0 Å². The molecule has 0 aromatic rings. The summed E-state index contributed by atoms with van der Waals surface area (Å²) in [5, 5.41) is 0. The number of methoxy groups -OCH3 is 1. The van der Waals surface area contributed by atoms with E-state index in [1.807, 2.05) is 0 Å². The molecule has 0 aromatic heterocycles. The molecule has 1 atom stereocenters. The van der Waals surface area contributed by atoms with E-state index < -0.39 is 18.6 Å². The van der Waals surface area contributed by atoms with Crippen molar-refractivity contribution in [3.63, 3.8) is 0 Å². The lowest BCUT2D eigenvalue weighted by Crippen LogP contribution is -2.39. The summed E-state index contributed by atoms with van der Waals surface area (Å²) in [6.45, 7) is 0.620. The molecule has 0 fully saturated rings. The lowest BCUT2D eigenvalue weighted by atomic mass is 10.2. The van der Waals surface area contributed by atoms with Crippen molar-refractivity contribution in [1.29, 1.82) is 0 Å². The maximum Gasteiger partial charge on any atom is 0.285 e. The van der Waals surface area contributed by atoms with Crippen molar-refractivity contribution in [3.8, 4) is 0 Å². The molecule has 1 unspecified atom stereocenters. The Morgan fingerprint density at radius 3 is 2.22 bits per heavy atom. The molecular weight excluding hydrogens is 128 g/mol. The summed E-state index contributed by atoms with van der Waals surface area (Å²) in [5.41, 5.74) is 4.75. The van der Waals surface area contributed by atoms with Crippen LogP contribution >= 0.6 is 0 Å². The van der Waals surface area contributed by atoms with Crippen molar-refractivity contribution in [2.45, 2.75) is 19.0 Å². The largest absolute Gasteiger partial charge is 0.375 e. The standard InChI is InChI=1S/C5H11F2NO/c1-4(9-2)5(6,7)3-8/h4H,3,8H2,1-2H3. The van der Waals surface area contributed by atoms with Gasteiger partial charge in [-0.3, -0.25) is 0 Å². The van der Waals surface area contributed by atoms with Crippen LogP contribution in [0.1, 0.15) is 6.92 Å². The highest BCUT2D eigenvalue weighted by molar-refractivity contribution is 4.73. The molecule has 0 aliphatic heterocycles. The highest BCUT2D eigenvalue weighted by atomic mass is 19.3. The second-order valence-corrected chi connectivity index (χ2v) is 1.84. The van der Waals surface area contributed by atoms with Gasteiger partial charge in [0, 0.05) is 7.11 Å². The van der Waals surface area contributed by atoms with Gasteiger partial charge in [-0.15, -0.1) is 0 Å². The highest BCUT2D eigenvalue weighted by Gasteiger charge is 2.34. The monoisotopic (exact) mass is 139 g/mol. The molecule has 0 radical (unpaired) electrons. The van der Waals surface area contributed by atoms with Crippen LogP contribution in [0.2, 0.25) is 0 Å². The normalized spacial score (nSPS) is 15.7. The first kappa shape index (κ1) is 8.78. The first-order valence-electron chi connectivity index (χ1n) is 2.65. The molecule has 0 saturated heterocycles. The molecule has 0 amide bonds. The van der Waals surface area contributed by atoms with Crippen LogP contribution < -0.4 is 5.73 Å². The van der Waals surface area contributed by atoms with Gasteiger partial charge in [-0.2, -0.15) is 0 Å². The van der Waals surface area contributed by atoms with Crippen molar-refractivity contribution in [1.82, 2.24) is 0 Å². The summed E-state index contributed by atoms with van der Waals surface area (Å²) in [6.07, 6.45) is -1.09. The number of rotatable bonds is 3. The summed E-state index contributed by atoms with van der Waals surface area (Å²) >= 11 is 0. The minimum atomic E-state index is -2.89. The maximum atomic E-state index is 12.3. The second-order valence-electron chi connectivity index (χ2n) is 1.84. The Morgan fingerprint density at radius 2 is 2.11 bits per heavy atom. The zero-order chi connectivity index (χ0) is 7.49. The van der Waals surface area contributed by atoms with Crippen molar-refractivity contribution >= 4 is 0 Å². The van der Waals surface area contributed by atoms with E-state index in [9.17, 15) is 8.78 Å². The third-order valence-electron chi connectivity index (χ3n) is 1.22. The number of nitrogens with two attached hydrogens (primary N) is 1. The van der Waals surface area contributed by atoms with Gasteiger partial charge in [-0.05, 0) is 6.92 Å². The average Bonchev–Trinajstić information content (AvgIpc) is 1.86. The zero-order valence-electron chi connectivity index (χ0n) is 5.53. The van der Waals surface area contributed by atoms with Crippen LogP contribution in [0.5, 0.6) is 0 Å². The number of halogens is 2. The first-order chi connectivity index (χ1) is 4.04. The summed E-state index contributed by atoms with van der Waals surface area (Å²) in [6, 6.07) is 0. The minimum absolute atomic E-state index is 0.665. The number of alkyl halides is 2. The van der Waals surface area contributed by atoms with Crippen molar-refractivity contribution in [3.05, 3.63) is 0 Å². The number of hydrogen-bond donors (Lipinski definition) is 1. The van der Waals surface area contributed by atoms with Crippen LogP contribution in [0.15, 0.2) is 0 Å². The van der Waals surface area contributed by atoms with Gasteiger partial charge >= 0.3 is 0 Å². The van der Waals surface area contributed by atoms with Crippen molar-refractivity contribution in [2.75, 3.05) is 13.7 Å². The number of ether oxygens (including phenoxy) is 1. The third-order valence-corrected chi connectivity index (χ3v) is 1.22. The predicted octanol–water partition coefficient (Wildman–Crippen LogP) is 0.615. The Balaban J connectivity index is 3.80. The lowest BCUT2D eigenvalue weighted by Gasteiger charge is -2.19. The Bertz CT molecular complexity index is 87.0. The first-order valence-corrected chi connectivity index (χ1v) is 2.65. The summed E-state index contributed by atoms with van der Waals surface area (Å²) < 4.78 is 29.0. The van der Waals surface area contributed by atoms with E-state index in [1.54, 1.807) is 0 Å². The Kier molecular flexibility index (Phi) is 3.00. The quantitative estimate of drug-likeness (QED) is 0.622. The van der Waals surface area contributed by atoms with Gasteiger partial charge in [-0.25, -0.2) is 8.78 Å². The highest BCUT2D eigenvalue weighted by Crippen LogP contribution is 2.18. The van der Waals surface area contributed by atoms with Gasteiger partial charge in [0.1, 0.15) is 6.10 Å². The van der Waals surface area contributed by atoms with Crippen LogP contribution in [0, 0.1) is 0 Å². The molecule has 0 bridgehead atoms. The molecular formula is C5H11F2NO. The molecule has 2 N–H and O–H groups in total. The van der Waals surface area contributed by atoms with E-state index in [4.69, 9.17) is 5.73 Å². The molecule has 0 spiro atoms. The fourth-order valence-electron chi connectivity index (χ4n) is 0.338. The van der Waals surface area contributed by atoms with E-state index in [0.29, 0.717) is 0 Å². The van der Waals surface area contributed by atoms with Gasteiger partial charge in [0.15, 0.2) is 0 Å². The van der Waals surface area contributed by atoms with E-state index >= 15 is 0 Å². The molecule has 0 aliphatic rings. The van der Waals surface area contributed by atoms with Gasteiger partial charge in [0.2, 0.25) is 0 Å². The third kappa shape index (κ3) is 2.24. The van der Waals surface area contributed by atoms with Crippen molar-refractivity contribution < 1.29 is 13.5 Å². The number of hydrogen-bond acceptors (Lipinski definition) is 2. The summed E-state index contributed by atoms with van der Waals surface area (Å²) in [5.74, 6) is -2.89. The van der Waals surface area contributed by atoms with E-state index in [1.165, 1.54) is 14.0 Å². The van der Waals surface area contributed by atoms with E-state index in [2.05, 4.69) is 4.74 Å². The minimum Gasteiger partial charge on any atom is -0.375 e. The molecule has 56 valence electrons. The maximum absolute atomic E-state index is 12.3. The van der Waals surface area contributed by atoms with Gasteiger partial charge < -0.3 is 10.5 Å². The Morgan fingerprint density at radius 1 is 1.67 bits per heavy atom. The van der Waals surface area contributed by atoms with Crippen LogP contribution in [-0.2, 0) is 4.74 Å². The molecule has 9 heavy (non-hydrogen) atoms. The van der Waals surface area contributed by atoms with Gasteiger partial charge in [0.25, 0.3) is 5.92 Å². The zero-order valence-corrected chi connectivity index (χ0v) is 5.53. The topological polar surface area (TPSA) is 35.2 Å². The van der Waals surface area contributed by atoms with Crippen LogP contribution in [0.3, 0.4) is 0 Å². The fraction of sp³-hybridized carbons (Fsp3) is 1.00. The fourth-order valence-corrected chi connectivity index (χ4v) is 0.338.